The third-order valence-corrected chi connectivity index (χ3v) is 7.37. The first-order chi connectivity index (χ1) is 11.4. The molecule has 9 heteroatoms. The predicted molar refractivity (Wildman–Crippen MR) is 90.4 cm³/mol. The van der Waals surface area contributed by atoms with E-state index in [0.717, 1.165) is 11.3 Å². The molecular formula is C15H14ClFN2O3S2. The Hall–Kier alpha value is -1.48. The molecule has 0 unspecified atom stereocenters. The fourth-order valence-corrected chi connectivity index (χ4v) is 5.56. The molecule has 2 heterocycles. The molecule has 128 valence electrons. The van der Waals surface area contributed by atoms with Crippen LogP contribution in [0.15, 0.2) is 40.6 Å². The van der Waals surface area contributed by atoms with Gasteiger partial charge in [-0.1, -0.05) is 23.7 Å². The van der Waals surface area contributed by atoms with Crippen molar-refractivity contribution >= 4 is 38.9 Å². The largest absolute Gasteiger partial charge is 0.336 e. The van der Waals surface area contributed by atoms with Crippen LogP contribution < -0.4 is 0 Å². The first-order valence-corrected chi connectivity index (χ1v) is 9.82. The van der Waals surface area contributed by atoms with Crippen LogP contribution in [-0.4, -0.2) is 49.7 Å². The zero-order chi connectivity index (χ0) is 17.3. The third-order valence-electron chi connectivity index (χ3n) is 3.77. The van der Waals surface area contributed by atoms with Crippen LogP contribution in [0, 0.1) is 5.82 Å². The van der Waals surface area contributed by atoms with Crippen molar-refractivity contribution < 1.29 is 17.6 Å². The Morgan fingerprint density at radius 2 is 1.75 bits per heavy atom. The van der Waals surface area contributed by atoms with Crippen molar-refractivity contribution in [2.24, 2.45) is 0 Å². The number of carbonyl (C=O) groups excluding carboxylic acids is 1. The van der Waals surface area contributed by atoms with Gasteiger partial charge in [-0.2, -0.15) is 4.31 Å². The maximum atomic E-state index is 13.7. The van der Waals surface area contributed by atoms with Crippen LogP contribution in [-0.2, 0) is 10.0 Å². The molecule has 0 spiro atoms. The van der Waals surface area contributed by atoms with Crippen LogP contribution in [0.5, 0.6) is 0 Å². The van der Waals surface area contributed by atoms with Crippen molar-refractivity contribution in [2.45, 2.75) is 4.21 Å². The highest BCUT2D eigenvalue weighted by molar-refractivity contribution is 7.91. The summed E-state index contributed by atoms with van der Waals surface area (Å²) >= 11 is 6.80. The van der Waals surface area contributed by atoms with Gasteiger partial charge in [-0.15, -0.1) is 11.3 Å². The number of sulfonamides is 1. The lowest BCUT2D eigenvalue weighted by molar-refractivity contribution is 0.0693. The molecule has 24 heavy (non-hydrogen) atoms. The summed E-state index contributed by atoms with van der Waals surface area (Å²) in [4.78, 5) is 13.8. The van der Waals surface area contributed by atoms with Gasteiger partial charge < -0.3 is 4.90 Å². The fourth-order valence-electron chi connectivity index (χ4n) is 2.50. The normalized spacial score (nSPS) is 16.3. The smallest absolute Gasteiger partial charge is 0.256 e. The molecule has 0 atom stereocenters. The number of carbonyl (C=O) groups is 1. The average Bonchev–Trinajstić information content (AvgIpc) is 3.02. The number of nitrogens with zero attached hydrogens (tertiary/aromatic N) is 2. The van der Waals surface area contributed by atoms with E-state index in [0.29, 0.717) is 4.34 Å². The van der Waals surface area contributed by atoms with Crippen LogP contribution in [0.1, 0.15) is 10.4 Å². The second-order valence-electron chi connectivity index (χ2n) is 5.23. The van der Waals surface area contributed by atoms with Gasteiger partial charge in [0.25, 0.3) is 15.9 Å². The van der Waals surface area contributed by atoms with Crippen LogP contribution in [0.4, 0.5) is 4.39 Å². The molecule has 2 aromatic rings. The second-order valence-corrected chi connectivity index (χ2v) is 9.11. The molecule has 3 rings (SSSR count). The Kier molecular flexibility index (Phi) is 4.91. The molecule has 0 bridgehead atoms. The topological polar surface area (TPSA) is 57.7 Å². The minimum Gasteiger partial charge on any atom is -0.336 e. The zero-order valence-electron chi connectivity index (χ0n) is 12.5. The number of benzene rings is 1. The van der Waals surface area contributed by atoms with Gasteiger partial charge in [-0.05, 0) is 24.3 Å². The van der Waals surface area contributed by atoms with E-state index in [-0.39, 0.29) is 36.0 Å². The first kappa shape index (κ1) is 17.3. The number of thiophene rings is 1. The van der Waals surface area contributed by atoms with Crippen LogP contribution in [0.2, 0.25) is 4.34 Å². The number of piperazine rings is 1. The van der Waals surface area contributed by atoms with Gasteiger partial charge in [-0.3, -0.25) is 4.79 Å². The molecule has 0 saturated carbocycles. The molecule has 1 aromatic carbocycles. The van der Waals surface area contributed by atoms with Crippen LogP contribution in [0.3, 0.4) is 0 Å². The number of halogens is 2. The van der Waals surface area contributed by atoms with Crippen molar-refractivity contribution in [2.75, 3.05) is 26.2 Å². The van der Waals surface area contributed by atoms with Gasteiger partial charge in [0.15, 0.2) is 0 Å². The first-order valence-electron chi connectivity index (χ1n) is 7.19. The fraction of sp³-hybridized carbons (Fsp3) is 0.267. The van der Waals surface area contributed by atoms with Gasteiger partial charge in [0, 0.05) is 26.2 Å². The molecule has 1 aliphatic heterocycles. The summed E-state index contributed by atoms with van der Waals surface area (Å²) in [6.45, 7) is 0.757. The number of hydrogen-bond donors (Lipinski definition) is 0. The summed E-state index contributed by atoms with van der Waals surface area (Å²) in [5.74, 6) is -1.00. The highest BCUT2D eigenvalue weighted by Crippen LogP contribution is 2.28. The third kappa shape index (κ3) is 3.32. The Bertz CT molecular complexity index is 861. The Morgan fingerprint density at radius 3 is 2.33 bits per heavy atom. The van der Waals surface area contributed by atoms with E-state index in [1.54, 1.807) is 6.07 Å². The standard InChI is InChI=1S/C15H14ClFN2O3S2/c16-13-5-6-14(23-13)24(21,22)19-9-7-18(8-10-19)15(20)11-3-1-2-4-12(11)17/h1-6H,7-10H2. The molecule has 5 nitrogen and oxygen atoms in total. The Balaban J connectivity index is 1.70. The van der Waals surface area contributed by atoms with E-state index in [4.69, 9.17) is 11.6 Å². The van der Waals surface area contributed by atoms with Crippen LogP contribution >= 0.6 is 22.9 Å². The van der Waals surface area contributed by atoms with Crippen molar-refractivity contribution in [3.63, 3.8) is 0 Å². The molecule has 1 saturated heterocycles. The quantitative estimate of drug-likeness (QED) is 0.812. The highest BCUT2D eigenvalue weighted by atomic mass is 35.5. The van der Waals surface area contributed by atoms with Gasteiger partial charge >= 0.3 is 0 Å². The van der Waals surface area contributed by atoms with Gasteiger partial charge in [0.2, 0.25) is 0 Å². The molecule has 0 N–H and O–H groups in total. The summed E-state index contributed by atoms with van der Waals surface area (Å²) in [7, 11) is -3.61. The molecule has 1 aliphatic rings. The molecule has 1 aromatic heterocycles. The van der Waals surface area contributed by atoms with Gasteiger partial charge in [0.1, 0.15) is 10.0 Å². The summed E-state index contributed by atoms with van der Waals surface area (Å²) in [5.41, 5.74) is -0.00107. The number of rotatable bonds is 3. The van der Waals surface area contributed by atoms with Crippen molar-refractivity contribution in [3.05, 3.63) is 52.1 Å². The van der Waals surface area contributed by atoms with Gasteiger partial charge in [0.05, 0.1) is 9.90 Å². The Morgan fingerprint density at radius 1 is 1.08 bits per heavy atom. The monoisotopic (exact) mass is 388 g/mol. The minimum absolute atomic E-state index is 0.00107. The van der Waals surface area contributed by atoms with Crippen molar-refractivity contribution in [1.29, 1.82) is 0 Å². The average molecular weight is 389 g/mol. The number of amides is 1. The van der Waals surface area contributed by atoms with E-state index in [9.17, 15) is 17.6 Å². The van der Waals surface area contributed by atoms with Crippen molar-refractivity contribution in [3.8, 4) is 0 Å². The maximum absolute atomic E-state index is 13.7. The lowest BCUT2D eigenvalue weighted by Crippen LogP contribution is -2.50. The predicted octanol–water partition coefficient (Wildman–Crippen LogP) is 2.69. The molecule has 0 radical (unpaired) electrons. The summed E-state index contributed by atoms with van der Waals surface area (Å²) in [6.07, 6.45) is 0. The number of hydrogen-bond acceptors (Lipinski definition) is 4. The minimum atomic E-state index is -3.61. The van der Waals surface area contributed by atoms with Crippen molar-refractivity contribution in [1.82, 2.24) is 9.21 Å². The second kappa shape index (κ2) is 6.79. The zero-order valence-corrected chi connectivity index (χ0v) is 14.9. The highest BCUT2D eigenvalue weighted by Gasteiger charge is 2.31. The van der Waals surface area contributed by atoms with E-state index in [2.05, 4.69) is 0 Å². The van der Waals surface area contributed by atoms with E-state index in [1.165, 1.54) is 39.5 Å². The maximum Gasteiger partial charge on any atom is 0.256 e. The summed E-state index contributed by atoms with van der Waals surface area (Å²) in [5, 5.41) is 0. The van der Waals surface area contributed by atoms with E-state index < -0.39 is 21.7 Å². The lowest BCUT2D eigenvalue weighted by atomic mass is 10.1. The summed E-state index contributed by atoms with van der Waals surface area (Å²) in [6, 6.07) is 8.78. The van der Waals surface area contributed by atoms with E-state index >= 15 is 0 Å². The van der Waals surface area contributed by atoms with E-state index in [1.807, 2.05) is 0 Å². The SMILES string of the molecule is O=C(c1ccccc1F)N1CCN(S(=O)(=O)c2ccc(Cl)s2)CC1. The Labute approximate surface area is 148 Å². The molecule has 1 fully saturated rings. The molecular weight excluding hydrogens is 375 g/mol. The molecule has 1 amide bonds. The van der Waals surface area contributed by atoms with Gasteiger partial charge in [-0.25, -0.2) is 12.8 Å². The van der Waals surface area contributed by atoms with Crippen LogP contribution in [0.25, 0.3) is 0 Å². The molecule has 0 aliphatic carbocycles. The lowest BCUT2D eigenvalue weighted by Gasteiger charge is -2.33. The summed E-state index contributed by atoms with van der Waals surface area (Å²) < 4.78 is 40.7.